The lowest BCUT2D eigenvalue weighted by Crippen LogP contribution is -2.38. The zero-order valence-corrected chi connectivity index (χ0v) is 10.0. The van der Waals surface area contributed by atoms with Crippen molar-refractivity contribution in [1.29, 1.82) is 0 Å². The Balaban J connectivity index is 1.95. The van der Waals surface area contributed by atoms with Gasteiger partial charge in [0.15, 0.2) is 11.6 Å². The molecule has 0 radical (unpaired) electrons. The van der Waals surface area contributed by atoms with Crippen LogP contribution in [-0.2, 0) is 4.79 Å². The van der Waals surface area contributed by atoms with E-state index in [0.717, 1.165) is 18.9 Å². The van der Waals surface area contributed by atoms with Crippen LogP contribution in [0.15, 0.2) is 12.1 Å². The number of carbonyl (C=O) groups excluding carboxylic acids is 2. The lowest BCUT2D eigenvalue weighted by atomic mass is 10.1. The van der Waals surface area contributed by atoms with Gasteiger partial charge >= 0.3 is 0 Å². The van der Waals surface area contributed by atoms with Crippen LogP contribution in [0.3, 0.4) is 0 Å². The van der Waals surface area contributed by atoms with E-state index in [4.69, 9.17) is 5.73 Å². The van der Waals surface area contributed by atoms with Crippen molar-refractivity contribution in [3.63, 3.8) is 0 Å². The third kappa shape index (κ3) is 3.40. The quantitative estimate of drug-likeness (QED) is 0.698. The van der Waals surface area contributed by atoms with E-state index in [-0.39, 0.29) is 29.7 Å². The molecular weight excluding hydrogens is 256 g/mol. The van der Waals surface area contributed by atoms with Crippen LogP contribution in [0, 0.1) is 11.6 Å². The monoisotopic (exact) mass is 269 g/mol. The molecule has 5 nitrogen and oxygen atoms in total. The molecule has 7 heteroatoms. The average Bonchev–Trinajstić information content (AvgIpc) is 3.14. The molecule has 4 N–H and O–H groups in total. The first-order valence-electron chi connectivity index (χ1n) is 5.79. The third-order valence-electron chi connectivity index (χ3n) is 2.69. The van der Waals surface area contributed by atoms with Crippen LogP contribution in [0.4, 0.5) is 14.5 Å². The van der Waals surface area contributed by atoms with Gasteiger partial charge in [0.25, 0.3) is 5.91 Å². The summed E-state index contributed by atoms with van der Waals surface area (Å²) in [6.45, 7) is -0.228. The van der Waals surface area contributed by atoms with E-state index in [1.54, 1.807) is 0 Å². The highest BCUT2D eigenvalue weighted by Crippen LogP contribution is 2.18. The van der Waals surface area contributed by atoms with Gasteiger partial charge in [-0.25, -0.2) is 8.78 Å². The van der Waals surface area contributed by atoms with Crippen LogP contribution in [0.25, 0.3) is 0 Å². The summed E-state index contributed by atoms with van der Waals surface area (Å²) in [6, 6.07) is 1.63. The Kier molecular flexibility index (Phi) is 3.64. The Labute approximate surface area is 108 Å². The molecule has 0 saturated heterocycles. The van der Waals surface area contributed by atoms with Crippen LogP contribution in [0.2, 0.25) is 0 Å². The molecule has 0 unspecified atom stereocenters. The first-order chi connectivity index (χ1) is 8.97. The Morgan fingerprint density at radius 1 is 1.26 bits per heavy atom. The van der Waals surface area contributed by atoms with Crippen LogP contribution in [-0.4, -0.2) is 24.4 Å². The van der Waals surface area contributed by atoms with Crippen molar-refractivity contribution in [1.82, 2.24) is 10.6 Å². The van der Waals surface area contributed by atoms with E-state index in [0.29, 0.717) is 6.07 Å². The van der Waals surface area contributed by atoms with Crippen LogP contribution in [0.1, 0.15) is 23.2 Å². The predicted molar refractivity (Wildman–Crippen MR) is 64.3 cm³/mol. The molecule has 1 aromatic carbocycles. The minimum Gasteiger partial charge on any atom is -0.398 e. The number of halogens is 2. The van der Waals surface area contributed by atoms with Gasteiger partial charge in [0, 0.05) is 17.8 Å². The van der Waals surface area contributed by atoms with Gasteiger partial charge in [-0.2, -0.15) is 0 Å². The van der Waals surface area contributed by atoms with Crippen molar-refractivity contribution < 1.29 is 18.4 Å². The highest BCUT2D eigenvalue weighted by molar-refractivity contribution is 6.00. The van der Waals surface area contributed by atoms with E-state index in [1.807, 2.05) is 0 Å². The summed E-state index contributed by atoms with van der Waals surface area (Å²) < 4.78 is 25.8. The fourth-order valence-electron chi connectivity index (χ4n) is 1.52. The van der Waals surface area contributed by atoms with Crippen molar-refractivity contribution in [3.8, 4) is 0 Å². The zero-order valence-electron chi connectivity index (χ0n) is 10.0. The Morgan fingerprint density at radius 2 is 1.89 bits per heavy atom. The third-order valence-corrected chi connectivity index (χ3v) is 2.69. The first-order valence-corrected chi connectivity index (χ1v) is 5.79. The van der Waals surface area contributed by atoms with Crippen molar-refractivity contribution in [2.45, 2.75) is 18.9 Å². The van der Waals surface area contributed by atoms with Crippen LogP contribution < -0.4 is 16.4 Å². The maximum absolute atomic E-state index is 13.0. The van der Waals surface area contributed by atoms with E-state index >= 15 is 0 Å². The highest BCUT2D eigenvalue weighted by atomic mass is 19.2. The van der Waals surface area contributed by atoms with E-state index in [9.17, 15) is 18.4 Å². The molecule has 0 spiro atoms. The molecule has 0 atom stereocenters. The maximum atomic E-state index is 13.0. The second-order valence-electron chi connectivity index (χ2n) is 4.38. The molecule has 19 heavy (non-hydrogen) atoms. The standard InChI is InChI=1S/C12H13F2N3O2/c13-8-3-7(10(15)4-9(8)14)12(19)16-5-11(18)17-6-1-2-6/h3-4,6H,1-2,5,15H2,(H,16,19)(H,17,18). The van der Waals surface area contributed by atoms with Gasteiger partial charge < -0.3 is 16.4 Å². The lowest BCUT2D eigenvalue weighted by molar-refractivity contribution is -0.120. The largest absolute Gasteiger partial charge is 0.398 e. The molecule has 0 bridgehead atoms. The summed E-state index contributed by atoms with van der Waals surface area (Å²) >= 11 is 0. The van der Waals surface area contributed by atoms with Crippen molar-refractivity contribution in [2.24, 2.45) is 0 Å². The molecule has 1 saturated carbocycles. The molecule has 0 heterocycles. The van der Waals surface area contributed by atoms with Gasteiger partial charge in [-0.3, -0.25) is 9.59 Å². The summed E-state index contributed by atoms with van der Waals surface area (Å²) in [4.78, 5) is 23.0. The molecule has 1 aliphatic rings. The topological polar surface area (TPSA) is 84.2 Å². The number of nitrogen functional groups attached to an aromatic ring is 1. The number of anilines is 1. The molecule has 102 valence electrons. The van der Waals surface area contributed by atoms with E-state index in [2.05, 4.69) is 10.6 Å². The van der Waals surface area contributed by atoms with E-state index < -0.39 is 17.5 Å². The number of rotatable bonds is 4. The first kappa shape index (κ1) is 13.3. The van der Waals surface area contributed by atoms with Crippen molar-refractivity contribution >= 4 is 17.5 Å². The van der Waals surface area contributed by atoms with Crippen LogP contribution >= 0.6 is 0 Å². The highest BCUT2D eigenvalue weighted by Gasteiger charge is 2.23. The molecule has 2 amide bonds. The number of hydrogen-bond acceptors (Lipinski definition) is 3. The molecule has 1 aromatic rings. The summed E-state index contributed by atoms with van der Waals surface area (Å²) in [5.74, 6) is -3.33. The molecule has 0 aromatic heterocycles. The normalized spacial score (nSPS) is 14.0. The minimum absolute atomic E-state index is 0.181. The fourth-order valence-corrected chi connectivity index (χ4v) is 1.52. The van der Waals surface area contributed by atoms with Gasteiger partial charge in [0.1, 0.15) is 0 Å². The van der Waals surface area contributed by atoms with Crippen molar-refractivity contribution in [3.05, 3.63) is 29.3 Å². The van der Waals surface area contributed by atoms with E-state index in [1.165, 1.54) is 0 Å². The molecule has 0 aliphatic heterocycles. The summed E-state index contributed by atoms with van der Waals surface area (Å²) in [5, 5.41) is 4.98. The lowest BCUT2D eigenvalue weighted by Gasteiger charge is -2.08. The smallest absolute Gasteiger partial charge is 0.253 e. The molecule has 2 rings (SSSR count). The predicted octanol–water partition coefficient (Wildman–Crippen LogP) is 0.555. The molecule has 1 aliphatic carbocycles. The molecule has 1 fully saturated rings. The number of nitrogens with two attached hydrogens (primary N) is 1. The van der Waals surface area contributed by atoms with Gasteiger partial charge in [-0.05, 0) is 18.9 Å². The SMILES string of the molecule is Nc1cc(F)c(F)cc1C(=O)NCC(=O)NC1CC1. The number of carbonyl (C=O) groups is 2. The minimum atomic E-state index is -1.17. The average molecular weight is 269 g/mol. The van der Waals surface area contributed by atoms with Crippen molar-refractivity contribution in [2.75, 3.05) is 12.3 Å². The Bertz CT molecular complexity index is 530. The summed E-state index contributed by atoms with van der Waals surface area (Å²) in [6.07, 6.45) is 1.88. The fraction of sp³-hybridized carbons (Fsp3) is 0.333. The van der Waals surface area contributed by atoms with Gasteiger partial charge in [-0.1, -0.05) is 0 Å². The Morgan fingerprint density at radius 3 is 2.53 bits per heavy atom. The maximum Gasteiger partial charge on any atom is 0.253 e. The number of nitrogens with one attached hydrogen (secondary N) is 2. The molecular formula is C12H13F2N3O2. The summed E-state index contributed by atoms with van der Waals surface area (Å²) in [7, 11) is 0. The van der Waals surface area contributed by atoms with Gasteiger partial charge in [-0.15, -0.1) is 0 Å². The van der Waals surface area contributed by atoms with Gasteiger partial charge in [0.2, 0.25) is 5.91 Å². The Hall–Kier alpha value is -2.18. The second-order valence-corrected chi connectivity index (χ2v) is 4.38. The number of benzene rings is 1. The number of amides is 2. The van der Waals surface area contributed by atoms with Crippen LogP contribution in [0.5, 0.6) is 0 Å². The summed E-state index contributed by atoms with van der Waals surface area (Å²) in [5.41, 5.74) is 5.04. The second kappa shape index (κ2) is 5.21. The number of hydrogen-bond donors (Lipinski definition) is 3. The zero-order chi connectivity index (χ0) is 14.0. The van der Waals surface area contributed by atoms with Gasteiger partial charge in [0.05, 0.1) is 12.1 Å².